The molecule has 0 aliphatic carbocycles. The van der Waals surface area contributed by atoms with Gasteiger partial charge in [0.25, 0.3) is 0 Å². The molecule has 2 aromatic rings. The number of aryl methyl sites for hydroxylation is 1. The maximum atomic E-state index is 12.9. The van der Waals surface area contributed by atoms with Gasteiger partial charge in [-0.15, -0.1) is 0 Å². The minimum atomic E-state index is -0.278. The smallest absolute Gasteiger partial charge is 0.163 e. The van der Waals surface area contributed by atoms with Crippen molar-refractivity contribution in [3.05, 3.63) is 53.6 Å². The van der Waals surface area contributed by atoms with E-state index in [1.165, 1.54) is 12.1 Å². The molecule has 1 aromatic carbocycles. The minimum absolute atomic E-state index is 0.278. The van der Waals surface area contributed by atoms with Crippen LogP contribution in [0.4, 0.5) is 15.8 Å². The Balaban J connectivity index is 2.35. The quantitative estimate of drug-likeness (QED) is 0.857. The van der Waals surface area contributed by atoms with Crippen molar-refractivity contribution < 1.29 is 4.39 Å². The lowest BCUT2D eigenvalue weighted by molar-refractivity contribution is 0.627. The SMILES string of the molecule is Cc1cc(F)ccc1Nc1cccnc1C#N. The summed E-state index contributed by atoms with van der Waals surface area (Å²) in [5.41, 5.74) is 2.47. The number of nitriles is 1. The largest absolute Gasteiger partial charge is 0.353 e. The zero-order chi connectivity index (χ0) is 12.3. The Morgan fingerprint density at radius 2 is 2.12 bits per heavy atom. The fourth-order valence-electron chi connectivity index (χ4n) is 1.51. The molecule has 0 unspecified atom stereocenters. The van der Waals surface area contributed by atoms with Gasteiger partial charge in [-0.25, -0.2) is 9.37 Å². The van der Waals surface area contributed by atoms with E-state index in [4.69, 9.17) is 5.26 Å². The first-order chi connectivity index (χ1) is 8.20. The van der Waals surface area contributed by atoms with Crippen molar-refractivity contribution in [1.29, 1.82) is 5.26 Å². The molecule has 0 radical (unpaired) electrons. The summed E-state index contributed by atoms with van der Waals surface area (Å²) in [6.07, 6.45) is 1.56. The first-order valence-corrected chi connectivity index (χ1v) is 5.09. The van der Waals surface area contributed by atoms with Gasteiger partial charge < -0.3 is 5.32 Å². The molecule has 1 N–H and O–H groups in total. The van der Waals surface area contributed by atoms with Crippen LogP contribution in [0.2, 0.25) is 0 Å². The fourth-order valence-corrected chi connectivity index (χ4v) is 1.51. The molecule has 0 atom stereocenters. The molecule has 0 aliphatic rings. The highest BCUT2D eigenvalue weighted by Gasteiger charge is 2.04. The Labute approximate surface area is 98.5 Å². The molecule has 0 bridgehead atoms. The van der Waals surface area contributed by atoms with Gasteiger partial charge in [0.1, 0.15) is 11.9 Å². The number of benzene rings is 1. The Hall–Kier alpha value is -2.41. The Kier molecular flexibility index (Phi) is 3.01. The lowest BCUT2D eigenvalue weighted by atomic mass is 10.2. The topological polar surface area (TPSA) is 48.7 Å². The highest BCUT2D eigenvalue weighted by atomic mass is 19.1. The van der Waals surface area contributed by atoms with Gasteiger partial charge in [-0.2, -0.15) is 5.26 Å². The van der Waals surface area contributed by atoms with E-state index in [0.717, 1.165) is 11.3 Å². The van der Waals surface area contributed by atoms with Crippen LogP contribution in [0.15, 0.2) is 36.5 Å². The second-order valence-corrected chi connectivity index (χ2v) is 3.60. The Morgan fingerprint density at radius 1 is 1.29 bits per heavy atom. The number of nitrogens with one attached hydrogen (secondary N) is 1. The molecule has 1 heterocycles. The third-order valence-corrected chi connectivity index (χ3v) is 2.37. The summed E-state index contributed by atoms with van der Waals surface area (Å²) in [6, 6.07) is 9.94. The van der Waals surface area contributed by atoms with E-state index >= 15 is 0 Å². The first-order valence-electron chi connectivity index (χ1n) is 5.09. The predicted octanol–water partition coefficient (Wildman–Crippen LogP) is 3.14. The lowest BCUT2D eigenvalue weighted by Gasteiger charge is -2.10. The second-order valence-electron chi connectivity index (χ2n) is 3.60. The molecule has 0 spiro atoms. The molecule has 0 saturated carbocycles. The number of nitrogens with zero attached hydrogens (tertiary/aromatic N) is 2. The molecule has 0 fully saturated rings. The van der Waals surface area contributed by atoms with Crippen LogP contribution in [-0.4, -0.2) is 4.98 Å². The average Bonchev–Trinajstić information content (AvgIpc) is 2.33. The molecule has 2 rings (SSSR count). The summed E-state index contributed by atoms with van der Waals surface area (Å²) < 4.78 is 12.9. The number of hydrogen-bond acceptors (Lipinski definition) is 3. The highest BCUT2D eigenvalue weighted by molar-refractivity contribution is 5.66. The van der Waals surface area contributed by atoms with Gasteiger partial charge in [-0.05, 0) is 42.8 Å². The number of pyridine rings is 1. The third-order valence-electron chi connectivity index (χ3n) is 2.37. The minimum Gasteiger partial charge on any atom is -0.353 e. The maximum absolute atomic E-state index is 12.9. The van der Waals surface area contributed by atoms with E-state index < -0.39 is 0 Å². The summed E-state index contributed by atoms with van der Waals surface area (Å²) in [5, 5.41) is 12.0. The maximum Gasteiger partial charge on any atom is 0.163 e. The summed E-state index contributed by atoms with van der Waals surface area (Å²) >= 11 is 0. The molecule has 4 heteroatoms. The van der Waals surface area contributed by atoms with E-state index in [9.17, 15) is 4.39 Å². The molecular formula is C13H10FN3. The van der Waals surface area contributed by atoms with Gasteiger partial charge in [0.2, 0.25) is 0 Å². The van der Waals surface area contributed by atoms with E-state index in [1.54, 1.807) is 31.3 Å². The van der Waals surface area contributed by atoms with Crippen molar-refractivity contribution in [2.75, 3.05) is 5.32 Å². The molecule has 0 amide bonds. The van der Waals surface area contributed by atoms with Gasteiger partial charge >= 0.3 is 0 Å². The summed E-state index contributed by atoms with van der Waals surface area (Å²) in [6.45, 7) is 1.80. The van der Waals surface area contributed by atoms with Crippen LogP contribution in [0.3, 0.4) is 0 Å². The molecule has 0 saturated heterocycles. The van der Waals surface area contributed by atoms with Crippen LogP contribution in [0, 0.1) is 24.1 Å². The van der Waals surface area contributed by atoms with Gasteiger partial charge in [0.15, 0.2) is 5.69 Å². The van der Waals surface area contributed by atoms with E-state index in [-0.39, 0.29) is 5.82 Å². The van der Waals surface area contributed by atoms with Crippen molar-refractivity contribution in [2.24, 2.45) is 0 Å². The average molecular weight is 227 g/mol. The zero-order valence-electron chi connectivity index (χ0n) is 9.24. The van der Waals surface area contributed by atoms with E-state index in [1.807, 2.05) is 6.07 Å². The third kappa shape index (κ3) is 2.40. The molecule has 3 nitrogen and oxygen atoms in total. The van der Waals surface area contributed by atoms with E-state index in [0.29, 0.717) is 11.4 Å². The monoisotopic (exact) mass is 227 g/mol. The molecule has 1 aromatic heterocycles. The van der Waals surface area contributed by atoms with Crippen molar-refractivity contribution in [3.63, 3.8) is 0 Å². The standard InChI is InChI=1S/C13H10FN3/c1-9-7-10(14)4-5-11(9)17-12-3-2-6-16-13(12)8-15/h2-7,17H,1H3. The normalized spacial score (nSPS) is 9.71. The molecular weight excluding hydrogens is 217 g/mol. The van der Waals surface area contributed by atoms with Gasteiger partial charge in [0.05, 0.1) is 5.69 Å². The van der Waals surface area contributed by atoms with Gasteiger partial charge in [-0.3, -0.25) is 0 Å². The van der Waals surface area contributed by atoms with Crippen LogP contribution < -0.4 is 5.32 Å². The number of halogens is 1. The van der Waals surface area contributed by atoms with Crippen molar-refractivity contribution >= 4 is 11.4 Å². The van der Waals surface area contributed by atoms with E-state index in [2.05, 4.69) is 10.3 Å². The van der Waals surface area contributed by atoms with Gasteiger partial charge in [-0.1, -0.05) is 0 Å². The number of aromatic nitrogens is 1. The first kappa shape index (κ1) is 11.1. The predicted molar refractivity (Wildman–Crippen MR) is 63.4 cm³/mol. The highest BCUT2D eigenvalue weighted by Crippen LogP contribution is 2.22. The van der Waals surface area contributed by atoms with Gasteiger partial charge in [0, 0.05) is 11.9 Å². The van der Waals surface area contributed by atoms with Crippen LogP contribution in [0.1, 0.15) is 11.3 Å². The van der Waals surface area contributed by atoms with Crippen LogP contribution >= 0.6 is 0 Å². The van der Waals surface area contributed by atoms with Crippen molar-refractivity contribution in [1.82, 2.24) is 4.98 Å². The Bertz CT molecular complexity index is 587. The molecule has 84 valence electrons. The van der Waals surface area contributed by atoms with Crippen molar-refractivity contribution in [3.8, 4) is 6.07 Å². The molecule has 17 heavy (non-hydrogen) atoms. The fraction of sp³-hybridized carbons (Fsp3) is 0.0769. The van der Waals surface area contributed by atoms with Crippen LogP contribution in [-0.2, 0) is 0 Å². The van der Waals surface area contributed by atoms with Crippen LogP contribution in [0.5, 0.6) is 0 Å². The summed E-state index contributed by atoms with van der Waals surface area (Å²) in [5.74, 6) is -0.278. The molecule has 0 aliphatic heterocycles. The van der Waals surface area contributed by atoms with Crippen LogP contribution in [0.25, 0.3) is 0 Å². The zero-order valence-corrected chi connectivity index (χ0v) is 9.24. The second kappa shape index (κ2) is 4.62. The Morgan fingerprint density at radius 3 is 2.82 bits per heavy atom. The number of hydrogen-bond donors (Lipinski definition) is 1. The summed E-state index contributed by atoms with van der Waals surface area (Å²) in [4.78, 5) is 3.94. The van der Waals surface area contributed by atoms with Crippen molar-refractivity contribution in [2.45, 2.75) is 6.92 Å². The number of rotatable bonds is 2. The lowest BCUT2D eigenvalue weighted by Crippen LogP contribution is -1.97. The number of anilines is 2. The summed E-state index contributed by atoms with van der Waals surface area (Å²) in [7, 11) is 0.